The number of hydrogen-bond donors (Lipinski definition) is 1. The average molecular weight is 312 g/mol. The van der Waals surface area contributed by atoms with Crippen molar-refractivity contribution in [3.05, 3.63) is 40.1 Å². The number of carboxylic acid groups (broad SMARTS) is 1. The number of carbonyl (C=O) groups is 2. The van der Waals surface area contributed by atoms with E-state index in [2.05, 4.69) is 11.8 Å². The van der Waals surface area contributed by atoms with Crippen molar-refractivity contribution >= 4 is 17.3 Å². The molecule has 4 heteroatoms. The molecule has 1 aromatic carbocycles. The lowest BCUT2D eigenvalue weighted by Gasteiger charge is -2.13. The van der Waals surface area contributed by atoms with Crippen LogP contribution in [0.4, 0.5) is 0 Å². The average Bonchev–Trinajstić information content (AvgIpc) is 2.75. The molecular formula is C19H20O4. The summed E-state index contributed by atoms with van der Waals surface area (Å²) in [6, 6.07) is 3.88. The second-order valence-corrected chi connectivity index (χ2v) is 5.73. The summed E-state index contributed by atoms with van der Waals surface area (Å²) in [6.45, 7) is 5.64. The molecule has 0 saturated heterocycles. The fourth-order valence-corrected chi connectivity index (χ4v) is 3.16. The summed E-state index contributed by atoms with van der Waals surface area (Å²) in [7, 11) is 1.52. The smallest absolute Gasteiger partial charge is 0.304 e. The van der Waals surface area contributed by atoms with Crippen molar-refractivity contribution in [2.45, 2.75) is 33.6 Å². The number of hydrogen-bond acceptors (Lipinski definition) is 3. The summed E-state index contributed by atoms with van der Waals surface area (Å²) in [4.78, 5) is 23.7. The van der Waals surface area contributed by atoms with E-state index >= 15 is 0 Å². The van der Waals surface area contributed by atoms with Crippen molar-refractivity contribution in [1.29, 1.82) is 0 Å². The highest BCUT2D eigenvalue weighted by molar-refractivity contribution is 6.25. The van der Waals surface area contributed by atoms with Crippen LogP contribution in [0.1, 0.15) is 42.0 Å². The zero-order valence-corrected chi connectivity index (χ0v) is 13.8. The molecule has 1 aliphatic carbocycles. The van der Waals surface area contributed by atoms with Gasteiger partial charge in [-0.1, -0.05) is 5.92 Å². The molecule has 1 unspecified atom stereocenters. The number of carboxylic acids is 1. The van der Waals surface area contributed by atoms with Gasteiger partial charge in [-0.05, 0) is 49.6 Å². The highest BCUT2D eigenvalue weighted by Gasteiger charge is 2.37. The van der Waals surface area contributed by atoms with Gasteiger partial charge in [-0.3, -0.25) is 9.59 Å². The van der Waals surface area contributed by atoms with Crippen LogP contribution in [0.3, 0.4) is 0 Å². The first-order valence-electron chi connectivity index (χ1n) is 7.46. The molecule has 0 heterocycles. The van der Waals surface area contributed by atoms with Gasteiger partial charge in [0.1, 0.15) is 5.76 Å². The minimum absolute atomic E-state index is 0.148. The molecule has 0 bridgehead atoms. The van der Waals surface area contributed by atoms with Gasteiger partial charge in [0, 0.05) is 17.9 Å². The molecule has 2 rings (SSSR count). The number of Topliss-reactive ketones (excluding diaryl/α,β-unsaturated/α-hetero) is 1. The van der Waals surface area contributed by atoms with E-state index in [-0.39, 0.29) is 12.2 Å². The number of ether oxygens (including phenoxy) is 1. The second kappa shape index (κ2) is 6.70. The predicted octanol–water partition coefficient (Wildman–Crippen LogP) is 3.10. The van der Waals surface area contributed by atoms with Crippen LogP contribution in [0.15, 0.2) is 17.9 Å². The van der Waals surface area contributed by atoms with Gasteiger partial charge in [-0.2, -0.15) is 0 Å². The summed E-state index contributed by atoms with van der Waals surface area (Å²) < 4.78 is 5.39. The molecule has 1 aliphatic rings. The van der Waals surface area contributed by atoms with E-state index < -0.39 is 11.9 Å². The van der Waals surface area contributed by atoms with Gasteiger partial charge < -0.3 is 9.84 Å². The molecule has 0 aromatic heterocycles. The summed E-state index contributed by atoms with van der Waals surface area (Å²) in [5.74, 6) is 4.79. The van der Waals surface area contributed by atoms with E-state index in [0.717, 1.165) is 22.3 Å². The summed E-state index contributed by atoms with van der Waals surface area (Å²) in [5.41, 5.74) is 4.14. The van der Waals surface area contributed by atoms with Gasteiger partial charge in [0.15, 0.2) is 5.78 Å². The van der Waals surface area contributed by atoms with Crippen molar-refractivity contribution in [2.75, 3.05) is 7.11 Å². The maximum absolute atomic E-state index is 12.7. The van der Waals surface area contributed by atoms with Gasteiger partial charge in [0.05, 0.1) is 19.1 Å². The third kappa shape index (κ3) is 3.29. The predicted molar refractivity (Wildman–Crippen MR) is 87.8 cm³/mol. The maximum atomic E-state index is 12.7. The van der Waals surface area contributed by atoms with Gasteiger partial charge >= 0.3 is 5.97 Å². The Morgan fingerprint density at radius 3 is 2.43 bits per heavy atom. The Labute approximate surface area is 136 Å². The van der Waals surface area contributed by atoms with E-state index in [0.29, 0.717) is 17.8 Å². The fraction of sp³-hybridized carbons (Fsp3) is 0.368. The molecule has 120 valence electrons. The molecule has 1 aromatic rings. The molecule has 4 nitrogen and oxygen atoms in total. The lowest BCUT2D eigenvalue weighted by atomic mass is 9.90. The quantitative estimate of drug-likeness (QED) is 0.868. The number of benzene rings is 1. The van der Waals surface area contributed by atoms with E-state index in [4.69, 9.17) is 9.84 Å². The minimum atomic E-state index is -0.970. The Balaban J connectivity index is 2.53. The van der Waals surface area contributed by atoms with Crippen LogP contribution in [-0.4, -0.2) is 24.0 Å². The molecule has 0 fully saturated rings. The first-order valence-corrected chi connectivity index (χ1v) is 7.46. The Kier molecular flexibility index (Phi) is 4.90. The van der Waals surface area contributed by atoms with Gasteiger partial charge in [-0.15, -0.1) is 5.92 Å². The molecular weight excluding hydrogens is 292 g/mol. The number of rotatable bonds is 4. The van der Waals surface area contributed by atoms with Crippen molar-refractivity contribution in [3.63, 3.8) is 0 Å². The minimum Gasteiger partial charge on any atom is -0.500 e. The SMILES string of the molecule is CC#Cc1cc(C)c(C2=C(OC)CC(CC(=O)O)C2=O)c(C)c1. The van der Waals surface area contributed by atoms with Gasteiger partial charge in [0.2, 0.25) is 0 Å². The second-order valence-electron chi connectivity index (χ2n) is 5.73. The zero-order valence-electron chi connectivity index (χ0n) is 13.8. The largest absolute Gasteiger partial charge is 0.500 e. The topological polar surface area (TPSA) is 63.6 Å². The molecule has 1 atom stereocenters. The first-order chi connectivity index (χ1) is 10.9. The Morgan fingerprint density at radius 2 is 1.96 bits per heavy atom. The Morgan fingerprint density at radius 1 is 1.35 bits per heavy atom. The van der Waals surface area contributed by atoms with E-state index in [1.54, 1.807) is 6.92 Å². The van der Waals surface area contributed by atoms with Crippen molar-refractivity contribution in [1.82, 2.24) is 0 Å². The molecule has 0 amide bonds. The van der Waals surface area contributed by atoms with Crippen LogP contribution in [0.2, 0.25) is 0 Å². The number of aryl methyl sites for hydroxylation is 2. The first kappa shape index (κ1) is 16.8. The number of allylic oxidation sites excluding steroid dienone is 2. The fourth-order valence-electron chi connectivity index (χ4n) is 3.16. The zero-order chi connectivity index (χ0) is 17.1. The number of aliphatic carboxylic acids is 1. The number of methoxy groups -OCH3 is 1. The van der Waals surface area contributed by atoms with Crippen LogP contribution in [0, 0.1) is 31.6 Å². The molecule has 0 spiro atoms. The van der Waals surface area contributed by atoms with Crippen molar-refractivity contribution < 1.29 is 19.4 Å². The normalized spacial score (nSPS) is 17.0. The standard InChI is InChI=1S/C19H20O4/c1-5-6-13-7-11(2)17(12(3)8-13)18-15(23-4)9-14(19(18)22)10-16(20)21/h7-8,14H,9-10H2,1-4H3,(H,20,21). The Hall–Kier alpha value is -2.54. The molecule has 0 aliphatic heterocycles. The summed E-state index contributed by atoms with van der Waals surface area (Å²) in [5, 5.41) is 8.99. The molecule has 23 heavy (non-hydrogen) atoms. The van der Waals surface area contributed by atoms with Crippen molar-refractivity contribution in [3.8, 4) is 11.8 Å². The van der Waals surface area contributed by atoms with Crippen molar-refractivity contribution in [2.24, 2.45) is 5.92 Å². The van der Waals surface area contributed by atoms with Crippen LogP contribution >= 0.6 is 0 Å². The van der Waals surface area contributed by atoms with Crippen LogP contribution in [0.25, 0.3) is 5.57 Å². The lowest BCUT2D eigenvalue weighted by Crippen LogP contribution is -2.15. The molecule has 0 saturated carbocycles. The monoisotopic (exact) mass is 312 g/mol. The maximum Gasteiger partial charge on any atom is 0.304 e. The van der Waals surface area contributed by atoms with Crippen LogP contribution in [-0.2, 0) is 14.3 Å². The van der Waals surface area contributed by atoms with Crippen LogP contribution < -0.4 is 0 Å². The lowest BCUT2D eigenvalue weighted by molar-refractivity contribution is -0.139. The highest BCUT2D eigenvalue weighted by atomic mass is 16.5. The number of carbonyl (C=O) groups excluding carboxylic acids is 1. The van der Waals surface area contributed by atoms with E-state index in [1.165, 1.54) is 7.11 Å². The van der Waals surface area contributed by atoms with E-state index in [1.807, 2.05) is 26.0 Å². The highest BCUT2D eigenvalue weighted by Crippen LogP contribution is 2.39. The summed E-state index contributed by atoms with van der Waals surface area (Å²) >= 11 is 0. The Bertz CT molecular complexity index is 736. The van der Waals surface area contributed by atoms with Gasteiger partial charge in [-0.25, -0.2) is 0 Å². The van der Waals surface area contributed by atoms with Crippen LogP contribution in [0.5, 0.6) is 0 Å². The third-order valence-electron chi connectivity index (χ3n) is 4.05. The summed E-state index contributed by atoms with van der Waals surface area (Å²) in [6.07, 6.45) is 0.166. The molecule has 1 N–H and O–H groups in total. The molecule has 0 radical (unpaired) electrons. The van der Waals surface area contributed by atoms with Gasteiger partial charge in [0.25, 0.3) is 0 Å². The third-order valence-corrected chi connectivity index (χ3v) is 4.05. The van der Waals surface area contributed by atoms with E-state index in [9.17, 15) is 9.59 Å². The number of ketones is 1.